The Bertz CT molecular complexity index is 1070. The van der Waals surface area contributed by atoms with E-state index in [0.29, 0.717) is 22.0 Å². The SMILES string of the molecule is CC(=O)OC[C@H]1O[C@@H](n2c(NC(C)C)nc3cc(Cl)c(Cl)cc32)[C@H](OC(C)=O)[C@@H]1OC(C)=O. The molecule has 2 aromatic rings. The first-order valence-corrected chi connectivity index (χ1v) is 11.0. The molecule has 0 amide bonds. The summed E-state index contributed by atoms with van der Waals surface area (Å²) in [7, 11) is 0. The number of halogens is 2. The number of hydrogen-bond donors (Lipinski definition) is 1. The Balaban J connectivity index is 2.16. The van der Waals surface area contributed by atoms with Crippen molar-refractivity contribution >= 4 is 58.1 Å². The van der Waals surface area contributed by atoms with Crippen molar-refractivity contribution in [2.45, 2.75) is 65.2 Å². The number of benzene rings is 1. The lowest BCUT2D eigenvalue weighted by Gasteiger charge is -2.25. The van der Waals surface area contributed by atoms with Crippen molar-refractivity contribution in [3.8, 4) is 0 Å². The Morgan fingerprint density at radius 2 is 1.67 bits per heavy atom. The van der Waals surface area contributed by atoms with Gasteiger partial charge in [0.2, 0.25) is 5.95 Å². The number of fused-ring (bicyclic) bond motifs is 1. The van der Waals surface area contributed by atoms with Crippen LogP contribution in [0.25, 0.3) is 11.0 Å². The second kappa shape index (κ2) is 10.1. The topological polar surface area (TPSA) is 118 Å². The second-order valence-electron chi connectivity index (χ2n) is 7.88. The van der Waals surface area contributed by atoms with Crippen LogP contribution in [0.2, 0.25) is 10.0 Å². The van der Waals surface area contributed by atoms with Crippen LogP contribution in [0.5, 0.6) is 0 Å². The summed E-state index contributed by atoms with van der Waals surface area (Å²) < 4.78 is 23.9. The Morgan fingerprint density at radius 3 is 2.24 bits per heavy atom. The molecule has 4 atom stereocenters. The summed E-state index contributed by atoms with van der Waals surface area (Å²) in [5, 5.41) is 3.83. The van der Waals surface area contributed by atoms with Crippen LogP contribution in [0.15, 0.2) is 12.1 Å². The monoisotopic (exact) mass is 501 g/mol. The van der Waals surface area contributed by atoms with E-state index in [9.17, 15) is 14.4 Å². The first-order chi connectivity index (χ1) is 15.5. The van der Waals surface area contributed by atoms with Crippen LogP contribution in [0.3, 0.4) is 0 Å². The van der Waals surface area contributed by atoms with Crippen LogP contribution < -0.4 is 5.32 Å². The van der Waals surface area contributed by atoms with Gasteiger partial charge in [0, 0.05) is 26.8 Å². The quantitative estimate of drug-likeness (QED) is 0.448. The molecule has 12 heteroatoms. The second-order valence-corrected chi connectivity index (χ2v) is 8.69. The number of hydrogen-bond acceptors (Lipinski definition) is 9. The molecule has 0 aliphatic carbocycles. The highest BCUT2D eigenvalue weighted by molar-refractivity contribution is 6.42. The Labute approximate surface area is 200 Å². The first-order valence-electron chi connectivity index (χ1n) is 10.2. The van der Waals surface area contributed by atoms with Crippen molar-refractivity contribution in [1.29, 1.82) is 0 Å². The van der Waals surface area contributed by atoms with Crippen LogP contribution in [0.1, 0.15) is 40.8 Å². The molecular weight excluding hydrogens is 477 g/mol. The first kappa shape index (κ1) is 25.1. The van der Waals surface area contributed by atoms with Crippen molar-refractivity contribution < 1.29 is 33.3 Å². The minimum Gasteiger partial charge on any atom is -0.463 e. The van der Waals surface area contributed by atoms with Gasteiger partial charge in [0.05, 0.1) is 21.1 Å². The predicted molar refractivity (Wildman–Crippen MR) is 120 cm³/mol. The van der Waals surface area contributed by atoms with E-state index in [2.05, 4.69) is 10.3 Å². The van der Waals surface area contributed by atoms with Gasteiger partial charge >= 0.3 is 17.9 Å². The van der Waals surface area contributed by atoms with Crippen molar-refractivity contribution in [3.63, 3.8) is 0 Å². The molecule has 3 rings (SSSR count). The molecule has 33 heavy (non-hydrogen) atoms. The number of nitrogens with one attached hydrogen (secondary N) is 1. The van der Waals surface area contributed by atoms with Crippen LogP contribution in [-0.2, 0) is 33.3 Å². The van der Waals surface area contributed by atoms with Crippen LogP contribution in [-0.4, -0.2) is 58.4 Å². The van der Waals surface area contributed by atoms with Gasteiger partial charge in [-0.3, -0.25) is 19.0 Å². The molecule has 1 aromatic carbocycles. The molecule has 10 nitrogen and oxygen atoms in total. The van der Waals surface area contributed by atoms with Crippen molar-refractivity contribution in [1.82, 2.24) is 9.55 Å². The third-order valence-corrected chi connectivity index (χ3v) is 5.47. The molecule has 1 fully saturated rings. The van der Waals surface area contributed by atoms with Gasteiger partial charge in [0.1, 0.15) is 12.7 Å². The molecule has 1 aliphatic heterocycles. The maximum absolute atomic E-state index is 12.0. The number of aromatic nitrogens is 2. The number of imidazole rings is 1. The predicted octanol–water partition coefficient (Wildman–Crippen LogP) is 3.49. The molecule has 1 saturated heterocycles. The Hall–Kier alpha value is -2.56. The normalized spacial score (nSPS) is 22.4. The number of carbonyl (C=O) groups is 3. The molecule has 1 aliphatic rings. The highest BCUT2D eigenvalue weighted by atomic mass is 35.5. The molecular formula is C21H25Cl2N3O7. The van der Waals surface area contributed by atoms with Crippen LogP contribution >= 0.6 is 23.2 Å². The fourth-order valence-corrected chi connectivity index (χ4v) is 3.92. The summed E-state index contributed by atoms with van der Waals surface area (Å²) in [6.45, 7) is 7.34. The highest BCUT2D eigenvalue weighted by Gasteiger charge is 2.51. The van der Waals surface area contributed by atoms with E-state index in [-0.39, 0.29) is 17.7 Å². The summed E-state index contributed by atoms with van der Waals surface area (Å²) in [5.41, 5.74) is 1.06. The van der Waals surface area contributed by atoms with E-state index in [1.54, 1.807) is 16.7 Å². The van der Waals surface area contributed by atoms with Gasteiger partial charge in [-0.2, -0.15) is 0 Å². The van der Waals surface area contributed by atoms with Gasteiger partial charge in [-0.25, -0.2) is 4.98 Å². The molecule has 0 unspecified atom stereocenters. The zero-order chi connectivity index (χ0) is 24.4. The van der Waals surface area contributed by atoms with Crippen molar-refractivity contribution in [2.75, 3.05) is 11.9 Å². The smallest absolute Gasteiger partial charge is 0.303 e. The molecule has 0 radical (unpaired) electrons. The lowest BCUT2D eigenvalue weighted by Crippen LogP contribution is -2.40. The lowest BCUT2D eigenvalue weighted by atomic mass is 10.1. The summed E-state index contributed by atoms with van der Waals surface area (Å²) in [4.78, 5) is 39.8. The maximum atomic E-state index is 12.0. The molecule has 180 valence electrons. The van der Waals surface area contributed by atoms with Crippen LogP contribution in [0, 0.1) is 0 Å². The third kappa shape index (κ3) is 5.69. The van der Waals surface area contributed by atoms with E-state index in [1.165, 1.54) is 20.8 Å². The average molecular weight is 502 g/mol. The Kier molecular flexibility index (Phi) is 7.71. The van der Waals surface area contributed by atoms with Gasteiger partial charge in [-0.1, -0.05) is 23.2 Å². The number of rotatable bonds is 7. The van der Waals surface area contributed by atoms with Gasteiger partial charge in [-0.05, 0) is 26.0 Å². The number of ether oxygens (including phenoxy) is 4. The van der Waals surface area contributed by atoms with E-state index in [0.717, 1.165) is 0 Å². The van der Waals surface area contributed by atoms with Gasteiger partial charge < -0.3 is 24.3 Å². The van der Waals surface area contributed by atoms with Gasteiger partial charge in [-0.15, -0.1) is 0 Å². The minimum atomic E-state index is -1.06. The fraction of sp³-hybridized carbons (Fsp3) is 0.524. The van der Waals surface area contributed by atoms with E-state index < -0.39 is 42.4 Å². The standard InChI is InChI=1S/C21H25Cl2N3O7/c1-9(2)24-21-25-15-6-13(22)14(23)7-16(15)26(21)20-19(32-12(5)29)18(31-11(4)28)17(33-20)8-30-10(3)27/h6-7,9,17-20H,8H2,1-5H3,(H,24,25)/t17-,18-,19-,20-/m1/s1. The minimum absolute atomic E-state index is 0.0128. The maximum Gasteiger partial charge on any atom is 0.303 e. The molecule has 0 bridgehead atoms. The summed E-state index contributed by atoms with van der Waals surface area (Å²) in [6, 6.07) is 3.21. The molecule has 1 aromatic heterocycles. The number of anilines is 1. The Morgan fingerprint density at radius 1 is 1.06 bits per heavy atom. The number of nitrogens with zero attached hydrogens (tertiary/aromatic N) is 2. The van der Waals surface area contributed by atoms with Crippen molar-refractivity contribution in [2.24, 2.45) is 0 Å². The lowest BCUT2D eigenvalue weighted by molar-refractivity contribution is -0.166. The summed E-state index contributed by atoms with van der Waals surface area (Å²) >= 11 is 12.4. The largest absolute Gasteiger partial charge is 0.463 e. The molecule has 2 heterocycles. The zero-order valence-corrected chi connectivity index (χ0v) is 20.3. The van der Waals surface area contributed by atoms with E-state index in [1.807, 2.05) is 13.8 Å². The van der Waals surface area contributed by atoms with E-state index in [4.69, 9.17) is 42.1 Å². The van der Waals surface area contributed by atoms with Gasteiger partial charge in [0.15, 0.2) is 18.4 Å². The van der Waals surface area contributed by atoms with Crippen LogP contribution in [0.4, 0.5) is 5.95 Å². The number of esters is 3. The third-order valence-electron chi connectivity index (χ3n) is 4.74. The van der Waals surface area contributed by atoms with Crippen molar-refractivity contribution in [3.05, 3.63) is 22.2 Å². The summed E-state index contributed by atoms with van der Waals surface area (Å²) in [5.74, 6) is -1.36. The zero-order valence-electron chi connectivity index (χ0n) is 18.8. The number of carbonyl (C=O) groups excluding carboxylic acids is 3. The summed E-state index contributed by atoms with van der Waals surface area (Å²) in [6.07, 6.45) is -3.99. The molecule has 0 saturated carbocycles. The fourth-order valence-electron chi connectivity index (χ4n) is 3.61. The van der Waals surface area contributed by atoms with E-state index >= 15 is 0 Å². The van der Waals surface area contributed by atoms with Gasteiger partial charge in [0.25, 0.3) is 0 Å². The average Bonchev–Trinajstić information content (AvgIpc) is 3.17. The molecule has 0 spiro atoms. The highest BCUT2D eigenvalue weighted by Crippen LogP contribution is 2.40. The molecule has 1 N–H and O–H groups in total.